The maximum atomic E-state index is 13.6. The van der Waals surface area contributed by atoms with Gasteiger partial charge in [-0.3, -0.25) is 0 Å². The van der Waals surface area contributed by atoms with E-state index in [1.54, 1.807) is 0 Å². The molecule has 0 aliphatic heterocycles. The fourth-order valence-electron chi connectivity index (χ4n) is 1.34. The minimum atomic E-state index is -3.80. The number of hydrogen-bond donors (Lipinski definition) is 2. The fraction of sp³-hybridized carbons (Fsp3) is 0.455. The zero-order valence-electron chi connectivity index (χ0n) is 10.0. The third kappa shape index (κ3) is 4.31. The van der Waals surface area contributed by atoms with E-state index in [0.717, 1.165) is 13.0 Å². The summed E-state index contributed by atoms with van der Waals surface area (Å²) in [7, 11) is -3.80. The lowest BCUT2D eigenvalue weighted by atomic mass is 10.3. The van der Waals surface area contributed by atoms with Gasteiger partial charge >= 0.3 is 0 Å². The first kappa shape index (κ1) is 15.6. The Morgan fingerprint density at radius 2 is 2.00 bits per heavy atom. The first-order valence-corrected chi connectivity index (χ1v) is 7.91. The van der Waals surface area contributed by atoms with Gasteiger partial charge in [0.25, 0.3) is 0 Å². The maximum absolute atomic E-state index is 13.6. The molecule has 0 atom stereocenters. The van der Waals surface area contributed by atoms with E-state index < -0.39 is 15.8 Å². The van der Waals surface area contributed by atoms with Crippen molar-refractivity contribution in [3.63, 3.8) is 0 Å². The molecule has 0 aliphatic carbocycles. The molecule has 1 aromatic rings. The van der Waals surface area contributed by atoms with Crippen molar-refractivity contribution in [3.8, 4) is 0 Å². The van der Waals surface area contributed by atoms with Crippen LogP contribution in [0, 0.1) is 5.82 Å². The molecule has 0 saturated carbocycles. The first-order valence-electron chi connectivity index (χ1n) is 5.63. The molecule has 7 heteroatoms. The highest BCUT2D eigenvalue weighted by Crippen LogP contribution is 2.21. The SMILES string of the molecule is CCCNCCNS(=O)(=O)c1cccc(Br)c1F. The summed E-state index contributed by atoms with van der Waals surface area (Å²) in [5, 5.41) is 3.06. The summed E-state index contributed by atoms with van der Waals surface area (Å²) >= 11 is 2.96. The average Bonchev–Trinajstić information content (AvgIpc) is 2.32. The van der Waals surface area contributed by atoms with Crippen molar-refractivity contribution in [3.05, 3.63) is 28.5 Å². The molecule has 4 nitrogen and oxygen atoms in total. The Balaban J connectivity index is 2.66. The topological polar surface area (TPSA) is 58.2 Å². The standard InChI is InChI=1S/C11H16BrFN2O2S/c1-2-6-14-7-8-15-18(16,17)10-5-3-4-9(12)11(10)13/h3-5,14-15H,2,6-8H2,1H3. The lowest BCUT2D eigenvalue weighted by Crippen LogP contribution is -2.32. The summed E-state index contributed by atoms with van der Waals surface area (Å²) < 4.78 is 39.8. The molecule has 0 unspecified atom stereocenters. The van der Waals surface area contributed by atoms with Crippen LogP contribution in [0.15, 0.2) is 27.6 Å². The largest absolute Gasteiger partial charge is 0.315 e. The molecule has 0 radical (unpaired) electrons. The lowest BCUT2D eigenvalue weighted by Gasteiger charge is -2.08. The van der Waals surface area contributed by atoms with Gasteiger partial charge in [0, 0.05) is 13.1 Å². The molecule has 1 aromatic carbocycles. The van der Waals surface area contributed by atoms with Crippen LogP contribution in [0.3, 0.4) is 0 Å². The van der Waals surface area contributed by atoms with Gasteiger partial charge in [0.15, 0.2) is 5.82 Å². The van der Waals surface area contributed by atoms with Crippen LogP contribution in [0.25, 0.3) is 0 Å². The quantitative estimate of drug-likeness (QED) is 0.746. The molecule has 0 saturated heterocycles. The minimum Gasteiger partial charge on any atom is -0.315 e. The predicted molar refractivity (Wildman–Crippen MR) is 72.4 cm³/mol. The van der Waals surface area contributed by atoms with Crippen LogP contribution < -0.4 is 10.0 Å². The van der Waals surface area contributed by atoms with Crippen molar-refractivity contribution in [2.45, 2.75) is 18.2 Å². The van der Waals surface area contributed by atoms with E-state index in [-0.39, 0.29) is 15.9 Å². The number of benzene rings is 1. The van der Waals surface area contributed by atoms with E-state index in [9.17, 15) is 12.8 Å². The molecule has 2 N–H and O–H groups in total. The van der Waals surface area contributed by atoms with Crippen LogP contribution in [0.2, 0.25) is 0 Å². The van der Waals surface area contributed by atoms with Gasteiger partial charge in [-0.2, -0.15) is 0 Å². The van der Waals surface area contributed by atoms with Crippen molar-refractivity contribution in [1.82, 2.24) is 10.0 Å². The number of hydrogen-bond acceptors (Lipinski definition) is 3. The smallest absolute Gasteiger partial charge is 0.243 e. The molecular weight excluding hydrogens is 323 g/mol. The Morgan fingerprint density at radius 3 is 2.67 bits per heavy atom. The first-order chi connectivity index (χ1) is 8.49. The second kappa shape index (κ2) is 7.18. The average molecular weight is 339 g/mol. The zero-order chi connectivity index (χ0) is 13.6. The third-order valence-electron chi connectivity index (χ3n) is 2.23. The van der Waals surface area contributed by atoms with Crippen molar-refractivity contribution in [1.29, 1.82) is 0 Å². The highest BCUT2D eigenvalue weighted by atomic mass is 79.9. The predicted octanol–water partition coefficient (Wildman–Crippen LogP) is 1.87. The molecule has 102 valence electrons. The highest BCUT2D eigenvalue weighted by molar-refractivity contribution is 9.10. The number of rotatable bonds is 7. The Morgan fingerprint density at radius 1 is 1.28 bits per heavy atom. The molecule has 0 fully saturated rings. The molecule has 18 heavy (non-hydrogen) atoms. The highest BCUT2D eigenvalue weighted by Gasteiger charge is 2.19. The minimum absolute atomic E-state index is 0.134. The second-order valence-corrected chi connectivity index (χ2v) is 6.29. The van der Waals surface area contributed by atoms with Gasteiger partial charge in [0.05, 0.1) is 4.47 Å². The summed E-state index contributed by atoms with van der Waals surface area (Å²) in [6, 6.07) is 4.18. The van der Waals surface area contributed by atoms with Gasteiger partial charge in [-0.15, -0.1) is 0 Å². The molecule has 0 bridgehead atoms. The fourth-order valence-corrected chi connectivity index (χ4v) is 2.97. The van der Waals surface area contributed by atoms with Crippen LogP contribution in [0.1, 0.15) is 13.3 Å². The molecule has 0 amide bonds. The number of halogens is 2. The van der Waals surface area contributed by atoms with Crippen molar-refractivity contribution >= 4 is 26.0 Å². The monoisotopic (exact) mass is 338 g/mol. The molecule has 1 rings (SSSR count). The second-order valence-electron chi connectivity index (χ2n) is 3.70. The molecule has 0 aliphatic rings. The van der Waals surface area contributed by atoms with Crippen LogP contribution in [-0.2, 0) is 10.0 Å². The van der Waals surface area contributed by atoms with E-state index in [0.29, 0.717) is 6.54 Å². The summed E-state index contributed by atoms with van der Waals surface area (Å²) in [5.41, 5.74) is 0. The van der Waals surface area contributed by atoms with Crippen LogP contribution in [0.5, 0.6) is 0 Å². The molecular formula is C11H16BrFN2O2S. The summed E-state index contributed by atoms with van der Waals surface area (Å²) in [6.07, 6.45) is 0.979. The molecule has 0 heterocycles. The zero-order valence-corrected chi connectivity index (χ0v) is 12.4. The Bertz CT molecular complexity index is 494. The maximum Gasteiger partial charge on any atom is 0.243 e. The Kier molecular flexibility index (Phi) is 6.20. The molecule has 0 aromatic heterocycles. The lowest BCUT2D eigenvalue weighted by molar-refractivity contribution is 0.551. The van der Waals surface area contributed by atoms with E-state index in [1.807, 2.05) is 6.92 Å². The summed E-state index contributed by atoms with van der Waals surface area (Å²) in [4.78, 5) is -0.340. The normalized spacial score (nSPS) is 11.7. The van der Waals surface area contributed by atoms with Crippen LogP contribution in [0.4, 0.5) is 4.39 Å². The third-order valence-corrected chi connectivity index (χ3v) is 4.32. The number of nitrogens with one attached hydrogen (secondary N) is 2. The Hall–Kier alpha value is -0.500. The van der Waals surface area contributed by atoms with Gasteiger partial charge in [-0.25, -0.2) is 17.5 Å². The Labute approximate surface area is 115 Å². The number of sulfonamides is 1. The van der Waals surface area contributed by atoms with Gasteiger partial charge in [-0.05, 0) is 41.0 Å². The van der Waals surface area contributed by atoms with E-state index >= 15 is 0 Å². The summed E-state index contributed by atoms with van der Waals surface area (Å²) in [6.45, 7) is 3.60. The van der Waals surface area contributed by atoms with E-state index in [1.165, 1.54) is 18.2 Å². The van der Waals surface area contributed by atoms with Gasteiger partial charge in [0.2, 0.25) is 10.0 Å². The van der Waals surface area contributed by atoms with Crippen LogP contribution in [-0.4, -0.2) is 28.1 Å². The summed E-state index contributed by atoms with van der Waals surface area (Å²) in [5.74, 6) is -0.772. The van der Waals surface area contributed by atoms with Gasteiger partial charge in [0.1, 0.15) is 4.90 Å². The van der Waals surface area contributed by atoms with Crippen molar-refractivity contribution < 1.29 is 12.8 Å². The van der Waals surface area contributed by atoms with Gasteiger partial charge < -0.3 is 5.32 Å². The van der Waals surface area contributed by atoms with Gasteiger partial charge in [-0.1, -0.05) is 13.0 Å². The van der Waals surface area contributed by atoms with E-state index in [2.05, 4.69) is 26.0 Å². The van der Waals surface area contributed by atoms with E-state index in [4.69, 9.17) is 0 Å². The van der Waals surface area contributed by atoms with Crippen molar-refractivity contribution in [2.75, 3.05) is 19.6 Å². The van der Waals surface area contributed by atoms with Crippen molar-refractivity contribution in [2.24, 2.45) is 0 Å². The molecule has 0 spiro atoms. The van der Waals surface area contributed by atoms with Crippen LogP contribution >= 0.6 is 15.9 Å².